The second kappa shape index (κ2) is 4.43. The van der Waals surface area contributed by atoms with Gasteiger partial charge in [0.15, 0.2) is 0 Å². The van der Waals surface area contributed by atoms with E-state index in [1.165, 1.54) is 11.1 Å². The number of hydrogen-bond donors (Lipinski definition) is 1. The number of hydrogen-bond acceptors (Lipinski definition) is 2. The highest BCUT2D eigenvalue weighted by Gasteiger charge is 2.15. The van der Waals surface area contributed by atoms with Gasteiger partial charge >= 0.3 is 0 Å². The molecule has 0 aromatic heterocycles. The molecule has 2 rings (SSSR count). The van der Waals surface area contributed by atoms with E-state index in [9.17, 15) is 0 Å². The first-order valence-corrected chi connectivity index (χ1v) is 5.65. The predicted octanol–water partition coefficient (Wildman–Crippen LogP) is 2.42. The second-order valence-electron chi connectivity index (χ2n) is 3.57. The van der Waals surface area contributed by atoms with Crippen molar-refractivity contribution < 1.29 is 4.74 Å². The van der Waals surface area contributed by atoms with Gasteiger partial charge in [-0.1, -0.05) is 28.1 Å². The zero-order chi connectivity index (χ0) is 9.97. The highest BCUT2D eigenvalue weighted by Crippen LogP contribution is 2.24. The average molecular weight is 256 g/mol. The lowest BCUT2D eigenvalue weighted by Crippen LogP contribution is -2.33. The fourth-order valence-corrected chi connectivity index (χ4v) is 1.99. The zero-order valence-corrected chi connectivity index (χ0v) is 9.80. The molecular weight excluding hydrogens is 242 g/mol. The van der Waals surface area contributed by atoms with Crippen molar-refractivity contribution in [1.82, 2.24) is 5.32 Å². The van der Waals surface area contributed by atoms with Crippen LogP contribution in [-0.2, 0) is 4.74 Å². The van der Waals surface area contributed by atoms with Crippen LogP contribution in [0, 0.1) is 6.92 Å². The van der Waals surface area contributed by atoms with Gasteiger partial charge < -0.3 is 10.1 Å². The Bertz CT molecular complexity index is 321. The van der Waals surface area contributed by atoms with E-state index >= 15 is 0 Å². The molecule has 1 N–H and O–H groups in total. The number of nitrogens with one attached hydrogen (secondary N) is 1. The third kappa shape index (κ3) is 2.16. The molecule has 1 heterocycles. The van der Waals surface area contributed by atoms with Crippen LogP contribution in [0.1, 0.15) is 17.2 Å². The largest absolute Gasteiger partial charge is 0.371 e. The summed E-state index contributed by atoms with van der Waals surface area (Å²) in [4.78, 5) is 0. The van der Waals surface area contributed by atoms with Crippen LogP contribution in [0.3, 0.4) is 0 Å². The van der Waals surface area contributed by atoms with Gasteiger partial charge in [-0.2, -0.15) is 0 Å². The molecule has 1 aromatic carbocycles. The summed E-state index contributed by atoms with van der Waals surface area (Å²) >= 11 is 3.54. The van der Waals surface area contributed by atoms with Crippen LogP contribution in [0.2, 0.25) is 0 Å². The normalized spacial score (nSPS) is 22.3. The van der Waals surface area contributed by atoms with Crippen molar-refractivity contribution in [2.45, 2.75) is 13.0 Å². The SMILES string of the molecule is Cc1ccc(C2CNCCO2)cc1Br. The number of morpholine rings is 1. The Morgan fingerprint density at radius 2 is 2.36 bits per heavy atom. The van der Waals surface area contributed by atoms with Crippen LogP contribution in [0.15, 0.2) is 22.7 Å². The van der Waals surface area contributed by atoms with Crippen molar-refractivity contribution in [3.8, 4) is 0 Å². The molecule has 0 bridgehead atoms. The van der Waals surface area contributed by atoms with Crippen LogP contribution in [0.25, 0.3) is 0 Å². The number of benzene rings is 1. The van der Waals surface area contributed by atoms with Gasteiger partial charge in [-0.25, -0.2) is 0 Å². The maximum atomic E-state index is 5.68. The molecule has 0 saturated carbocycles. The number of aryl methyl sites for hydroxylation is 1. The minimum absolute atomic E-state index is 0.209. The molecule has 1 atom stereocenters. The van der Waals surface area contributed by atoms with Crippen molar-refractivity contribution in [2.75, 3.05) is 19.7 Å². The second-order valence-corrected chi connectivity index (χ2v) is 4.43. The van der Waals surface area contributed by atoms with Gasteiger partial charge in [0.25, 0.3) is 0 Å². The Hall–Kier alpha value is -0.380. The maximum Gasteiger partial charge on any atom is 0.0950 e. The van der Waals surface area contributed by atoms with Gasteiger partial charge in [0, 0.05) is 17.6 Å². The van der Waals surface area contributed by atoms with Crippen LogP contribution < -0.4 is 5.32 Å². The highest BCUT2D eigenvalue weighted by molar-refractivity contribution is 9.10. The van der Waals surface area contributed by atoms with Gasteiger partial charge in [0.2, 0.25) is 0 Å². The zero-order valence-electron chi connectivity index (χ0n) is 8.22. The maximum absolute atomic E-state index is 5.68. The van der Waals surface area contributed by atoms with Crippen LogP contribution in [-0.4, -0.2) is 19.7 Å². The van der Waals surface area contributed by atoms with Gasteiger partial charge in [-0.05, 0) is 24.1 Å². The van der Waals surface area contributed by atoms with Crippen molar-refractivity contribution >= 4 is 15.9 Å². The van der Waals surface area contributed by atoms with E-state index in [1.54, 1.807) is 0 Å². The Morgan fingerprint density at radius 1 is 1.50 bits per heavy atom. The van der Waals surface area contributed by atoms with Crippen molar-refractivity contribution in [3.05, 3.63) is 33.8 Å². The van der Waals surface area contributed by atoms with Crippen LogP contribution in [0.5, 0.6) is 0 Å². The first-order chi connectivity index (χ1) is 6.77. The predicted molar refractivity (Wildman–Crippen MR) is 60.4 cm³/mol. The molecule has 0 spiro atoms. The van der Waals surface area contributed by atoms with E-state index in [-0.39, 0.29) is 6.10 Å². The number of halogens is 1. The summed E-state index contributed by atoms with van der Waals surface area (Å²) in [5.74, 6) is 0. The topological polar surface area (TPSA) is 21.3 Å². The minimum Gasteiger partial charge on any atom is -0.371 e. The fourth-order valence-electron chi connectivity index (χ4n) is 1.59. The van der Waals surface area contributed by atoms with Gasteiger partial charge in [0.05, 0.1) is 12.7 Å². The van der Waals surface area contributed by atoms with Crippen LogP contribution in [0.4, 0.5) is 0 Å². The summed E-state index contributed by atoms with van der Waals surface area (Å²) in [6, 6.07) is 6.40. The monoisotopic (exact) mass is 255 g/mol. The average Bonchev–Trinajstić information content (AvgIpc) is 2.23. The molecule has 0 amide bonds. The Labute approximate surface area is 92.8 Å². The number of rotatable bonds is 1. The molecule has 14 heavy (non-hydrogen) atoms. The summed E-state index contributed by atoms with van der Waals surface area (Å²) in [7, 11) is 0. The molecule has 1 aromatic rings. The molecular formula is C11H14BrNO. The Kier molecular flexibility index (Phi) is 3.21. The Morgan fingerprint density at radius 3 is 3.00 bits per heavy atom. The van der Waals surface area contributed by atoms with Crippen molar-refractivity contribution in [1.29, 1.82) is 0 Å². The number of ether oxygens (including phenoxy) is 1. The first-order valence-electron chi connectivity index (χ1n) is 4.86. The quantitative estimate of drug-likeness (QED) is 0.833. The van der Waals surface area contributed by atoms with E-state index < -0.39 is 0 Å². The summed E-state index contributed by atoms with van der Waals surface area (Å²) in [6.45, 7) is 4.77. The van der Waals surface area contributed by atoms with E-state index in [0.29, 0.717) is 0 Å². The summed E-state index contributed by atoms with van der Waals surface area (Å²) in [5, 5.41) is 3.33. The van der Waals surface area contributed by atoms with Gasteiger partial charge in [0.1, 0.15) is 0 Å². The smallest absolute Gasteiger partial charge is 0.0950 e. The molecule has 0 aliphatic carbocycles. The van der Waals surface area contributed by atoms with Crippen LogP contribution >= 0.6 is 15.9 Å². The molecule has 2 nitrogen and oxygen atoms in total. The van der Waals surface area contributed by atoms with Crippen molar-refractivity contribution in [3.63, 3.8) is 0 Å². The van der Waals surface area contributed by atoms with Gasteiger partial charge in [-0.15, -0.1) is 0 Å². The molecule has 3 heteroatoms. The lowest BCUT2D eigenvalue weighted by molar-refractivity contribution is 0.0276. The molecule has 1 saturated heterocycles. The fraction of sp³-hybridized carbons (Fsp3) is 0.455. The van der Waals surface area contributed by atoms with Crippen molar-refractivity contribution in [2.24, 2.45) is 0 Å². The summed E-state index contributed by atoms with van der Waals surface area (Å²) in [5.41, 5.74) is 2.51. The lowest BCUT2D eigenvalue weighted by Gasteiger charge is -2.24. The molecule has 76 valence electrons. The molecule has 1 fully saturated rings. The van der Waals surface area contributed by atoms with E-state index in [1.807, 2.05) is 0 Å². The molecule has 0 radical (unpaired) electrons. The minimum atomic E-state index is 0.209. The van der Waals surface area contributed by atoms with E-state index in [0.717, 1.165) is 24.2 Å². The first kappa shape index (κ1) is 10.1. The summed E-state index contributed by atoms with van der Waals surface area (Å²) < 4.78 is 6.83. The molecule has 1 aliphatic rings. The standard InChI is InChI=1S/C11H14BrNO/c1-8-2-3-9(6-10(8)12)11-7-13-4-5-14-11/h2-3,6,11,13H,4-5,7H2,1H3. The third-order valence-corrected chi connectivity index (χ3v) is 3.35. The molecule has 1 aliphatic heterocycles. The highest BCUT2D eigenvalue weighted by atomic mass is 79.9. The Balaban J connectivity index is 2.18. The van der Waals surface area contributed by atoms with E-state index in [2.05, 4.69) is 46.4 Å². The summed E-state index contributed by atoms with van der Waals surface area (Å²) in [6.07, 6.45) is 0.209. The van der Waals surface area contributed by atoms with E-state index in [4.69, 9.17) is 4.74 Å². The molecule has 1 unspecified atom stereocenters. The van der Waals surface area contributed by atoms with Gasteiger partial charge in [-0.3, -0.25) is 0 Å². The third-order valence-electron chi connectivity index (χ3n) is 2.50. The lowest BCUT2D eigenvalue weighted by atomic mass is 10.1.